The van der Waals surface area contributed by atoms with Gasteiger partial charge in [-0.25, -0.2) is 23.7 Å². The fourth-order valence-corrected chi connectivity index (χ4v) is 10.7. The van der Waals surface area contributed by atoms with Gasteiger partial charge in [-0.15, -0.1) is 18.2 Å². The summed E-state index contributed by atoms with van der Waals surface area (Å²) in [6, 6.07) is 9.79. The zero-order valence-electron chi connectivity index (χ0n) is 31.4. The number of aromatic nitrogens is 5. The van der Waals surface area contributed by atoms with Crippen molar-refractivity contribution >= 4 is 39.3 Å². The molecular formula is C42H41F5N8OS. The lowest BCUT2D eigenvalue weighted by atomic mass is 9.91. The van der Waals surface area contributed by atoms with Crippen molar-refractivity contribution in [3.63, 3.8) is 0 Å². The molecule has 1 N–H and O–H groups in total. The monoisotopic (exact) mass is 800 g/mol. The molecule has 3 aromatic heterocycles. The summed E-state index contributed by atoms with van der Waals surface area (Å²) in [4.78, 5) is 27.0. The summed E-state index contributed by atoms with van der Waals surface area (Å²) in [6.07, 6.45) is 8.92. The molecule has 0 unspecified atom stereocenters. The lowest BCUT2D eigenvalue weighted by Crippen LogP contribution is -2.58. The van der Waals surface area contributed by atoms with Gasteiger partial charge < -0.3 is 15.0 Å². The van der Waals surface area contributed by atoms with Crippen LogP contribution in [0.2, 0.25) is 0 Å². The van der Waals surface area contributed by atoms with Gasteiger partial charge in [-0.3, -0.25) is 4.90 Å². The number of terminal acetylenes is 1. The number of halogens is 5. The van der Waals surface area contributed by atoms with Gasteiger partial charge in [-0.2, -0.15) is 23.1 Å². The molecule has 15 heteroatoms. The fourth-order valence-electron chi connectivity index (χ4n) is 9.68. The number of anilines is 1. The largest absolute Gasteiger partial charge is 0.461 e. The molecule has 0 spiro atoms. The van der Waals surface area contributed by atoms with Crippen molar-refractivity contribution in [1.82, 2.24) is 35.1 Å². The predicted octanol–water partition coefficient (Wildman–Crippen LogP) is 7.97. The van der Waals surface area contributed by atoms with Crippen LogP contribution in [0.25, 0.3) is 32.9 Å². The van der Waals surface area contributed by atoms with E-state index in [0.717, 1.165) is 70.4 Å². The van der Waals surface area contributed by atoms with Crippen LogP contribution < -0.4 is 15.0 Å². The van der Waals surface area contributed by atoms with Crippen LogP contribution in [0.5, 0.6) is 6.01 Å². The second-order valence-corrected chi connectivity index (χ2v) is 16.5. The van der Waals surface area contributed by atoms with Gasteiger partial charge in [0.2, 0.25) is 0 Å². The van der Waals surface area contributed by atoms with Gasteiger partial charge in [0.25, 0.3) is 0 Å². The summed E-state index contributed by atoms with van der Waals surface area (Å²) in [5, 5.41) is 5.59. The number of hydrogen-bond acceptors (Lipinski definition) is 10. The van der Waals surface area contributed by atoms with Crippen LogP contribution in [0.3, 0.4) is 0 Å². The number of nitrogens with one attached hydrogen (secondary N) is 1. The maximum Gasteiger partial charge on any atom is 0.433 e. The number of piperazine rings is 1. The van der Waals surface area contributed by atoms with Crippen LogP contribution in [0.1, 0.15) is 68.8 Å². The van der Waals surface area contributed by atoms with Crippen LogP contribution in [0.15, 0.2) is 47.8 Å². The molecule has 296 valence electrons. The molecule has 4 aliphatic heterocycles. The first-order valence-electron chi connectivity index (χ1n) is 19.6. The van der Waals surface area contributed by atoms with Crippen LogP contribution in [0, 0.1) is 24.0 Å². The average Bonchev–Trinajstić information content (AvgIpc) is 3.78. The Kier molecular flexibility index (Phi) is 9.93. The van der Waals surface area contributed by atoms with Gasteiger partial charge in [0.15, 0.2) is 5.82 Å². The molecule has 9 rings (SSSR count). The van der Waals surface area contributed by atoms with E-state index in [1.807, 2.05) is 6.07 Å². The van der Waals surface area contributed by atoms with Crippen LogP contribution in [0.4, 0.5) is 27.8 Å². The van der Waals surface area contributed by atoms with E-state index >= 15 is 8.78 Å². The SMILES string of the molecule is C#Cc1c(F)ccc2cccc(-c3nc4c5c(nc(OC[C@@]67CCCN6[C@H](CSc6cc(C(F)(F)F)ncn6)CC7)nc5c3F)N3CCN[C@@H](CC)[C@H]3CCC4)c12. The number of aryl methyl sites for hydroxylation is 1. The molecule has 0 saturated carbocycles. The van der Waals surface area contributed by atoms with Gasteiger partial charge in [-0.1, -0.05) is 37.1 Å². The molecule has 0 amide bonds. The molecule has 7 heterocycles. The Morgan fingerprint density at radius 2 is 1.91 bits per heavy atom. The maximum absolute atomic E-state index is 17.4. The Morgan fingerprint density at radius 1 is 1.04 bits per heavy atom. The molecular weight excluding hydrogens is 760 g/mol. The maximum atomic E-state index is 17.4. The number of benzene rings is 2. The second kappa shape index (κ2) is 14.9. The number of nitrogens with zero attached hydrogens (tertiary/aromatic N) is 7. The van der Waals surface area contributed by atoms with Crippen molar-refractivity contribution in [2.75, 3.05) is 36.9 Å². The summed E-state index contributed by atoms with van der Waals surface area (Å²) in [5.41, 5.74) is -0.0255. The Balaban J connectivity index is 1.09. The van der Waals surface area contributed by atoms with Crippen molar-refractivity contribution in [1.29, 1.82) is 0 Å². The third-order valence-electron chi connectivity index (χ3n) is 12.3. The number of fused-ring (bicyclic) bond motifs is 4. The predicted molar refractivity (Wildman–Crippen MR) is 209 cm³/mol. The van der Waals surface area contributed by atoms with Crippen molar-refractivity contribution in [3.8, 4) is 29.6 Å². The number of alkyl halides is 3. The average molecular weight is 801 g/mol. The third-order valence-corrected chi connectivity index (χ3v) is 13.4. The molecule has 3 fully saturated rings. The fraction of sp³-hybridized carbons (Fsp3) is 0.452. The normalized spacial score (nSPS) is 23.6. The van der Waals surface area contributed by atoms with Crippen LogP contribution in [-0.2, 0) is 12.6 Å². The van der Waals surface area contributed by atoms with Crippen LogP contribution >= 0.6 is 11.8 Å². The molecule has 0 aliphatic carbocycles. The summed E-state index contributed by atoms with van der Waals surface area (Å²) < 4.78 is 79.0. The lowest BCUT2D eigenvalue weighted by Gasteiger charge is -2.44. The summed E-state index contributed by atoms with van der Waals surface area (Å²) in [7, 11) is 0. The Labute approximate surface area is 331 Å². The standard InChI is InChI=1S/C42H41F5N8OS/c1-3-26-28(43)13-12-24-8-5-9-27(34(24)26)37-36(44)38-35-30(51-37)10-6-11-31-29(4-2)48-17-19-54(31)39(35)53-40(52-38)56-22-41-15-7-18-55(41)25(14-16-41)21-57-33-20-32(42(45,46)47)49-23-50-33/h1,5,8-9,12-13,20,23,25,29,31,48H,4,6-7,10-11,14-19,21-22H2,2H3/t25-,29-,31+,41-/m0/s1. The second-order valence-electron chi connectivity index (χ2n) is 15.4. The van der Waals surface area contributed by atoms with Crippen LogP contribution in [-0.4, -0.2) is 85.5 Å². The minimum Gasteiger partial charge on any atom is -0.461 e. The number of thioether (sulfide) groups is 1. The zero-order chi connectivity index (χ0) is 39.5. The van der Waals surface area contributed by atoms with Gasteiger partial charge >= 0.3 is 12.2 Å². The first-order chi connectivity index (χ1) is 27.6. The Morgan fingerprint density at radius 3 is 2.74 bits per heavy atom. The quantitative estimate of drug-likeness (QED) is 0.0722. The van der Waals surface area contributed by atoms with E-state index in [1.165, 1.54) is 17.8 Å². The van der Waals surface area contributed by atoms with Gasteiger partial charge in [0.05, 0.1) is 22.2 Å². The molecule has 0 radical (unpaired) electrons. The molecule has 0 bridgehead atoms. The minimum atomic E-state index is -4.54. The minimum absolute atomic E-state index is 0.0467. The molecule has 2 aromatic carbocycles. The van der Waals surface area contributed by atoms with Crippen molar-refractivity contribution < 1.29 is 26.7 Å². The molecule has 3 saturated heterocycles. The summed E-state index contributed by atoms with van der Waals surface area (Å²) in [6.45, 7) is 4.66. The molecule has 4 atom stereocenters. The van der Waals surface area contributed by atoms with E-state index in [4.69, 9.17) is 26.1 Å². The van der Waals surface area contributed by atoms with Crippen molar-refractivity contribution in [2.24, 2.45) is 0 Å². The van der Waals surface area contributed by atoms with E-state index in [1.54, 1.807) is 18.2 Å². The molecule has 4 aliphatic rings. The smallest absolute Gasteiger partial charge is 0.433 e. The highest BCUT2D eigenvalue weighted by Crippen LogP contribution is 2.45. The van der Waals surface area contributed by atoms with Crippen molar-refractivity contribution in [2.45, 2.75) is 93.2 Å². The first kappa shape index (κ1) is 37.9. The zero-order valence-corrected chi connectivity index (χ0v) is 32.2. The van der Waals surface area contributed by atoms with Gasteiger partial charge in [0, 0.05) is 54.0 Å². The van der Waals surface area contributed by atoms with E-state index in [-0.39, 0.29) is 58.1 Å². The highest BCUT2D eigenvalue weighted by atomic mass is 32.2. The van der Waals surface area contributed by atoms with Crippen molar-refractivity contribution in [3.05, 3.63) is 71.3 Å². The lowest BCUT2D eigenvalue weighted by molar-refractivity contribution is -0.141. The first-order valence-corrected chi connectivity index (χ1v) is 20.6. The summed E-state index contributed by atoms with van der Waals surface area (Å²) >= 11 is 1.30. The number of ether oxygens (including phenoxy) is 1. The van der Waals surface area contributed by atoms with E-state index in [2.05, 4.69) is 37.9 Å². The van der Waals surface area contributed by atoms with Gasteiger partial charge in [0.1, 0.15) is 46.5 Å². The number of pyridine rings is 1. The van der Waals surface area contributed by atoms with E-state index in [9.17, 15) is 13.2 Å². The summed E-state index contributed by atoms with van der Waals surface area (Å²) in [5.74, 6) is 2.42. The number of rotatable bonds is 8. The molecule has 9 nitrogen and oxygen atoms in total. The Bertz CT molecular complexity index is 2410. The van der Waals surface area contributed by atoms with Gasteiger partial charge in [-0.05, 0) is 69.4 Å². The van der Waals surface area contributed by atoms with E-state index in [0.29, 0.717) is 52.0 Å². The highest BCUT2D eigenvalue weighted by Gasteiger charge is 2.50. The molecule has 5 aromatic rings. The highest BCUT2D eigenvalue weighted by molar-refractivity contribution is 7.99. The Hall–Kier alpha value is -4.65. The molecule has 57 heavy (non-hydrogen) atoms. The van der Waals surface area contributed by atoms with E-state index < -0.39 is 23.5 Å². The number of hydrogen-bond donors (Lipinski definition) is 1. The third kappa shape index (κ3) is 6.73. The topological polar surface area (TPSA) is 92.2 Å².